The highest BCUT2D eigenvalue weighted by Crippen LogP contribution is 2.54. The molecule has 0 bridgehead atoms. The summed E-state index contributed by atoms with van der Waals surface area (Å²) in [5.74, 6) is -2.91. The van der Waals surface area contributed by atoms with E-state index < -0.39 is 19.3 Å². The van der Waals surface area contributed by atoms with E-state index in [-0.39, 0.29) is 19.6 Å². The highest BCUT2D eigenvalue weighted by Gasteiger charge is 2.40. The highest BCUT2D eigenvalue weighted by atomic mass is 31.2. The van der Waals surface area contributed by atoms with Gasteiger partial charge in [0.25, 0.3) is 5.91 Å². The zero-order valence-electron chi connectivity index (χ0n) is 8.66. The van der Waals surface area contributed by atoms with Crippen molar-refractivity contribution in [2.45, 2.75) is 33.1 Å². The van der Waals surface area contributed by atoms with Crippen LogP contribution in [0.3, 0.4) is 0 Å². The first kappa shape index (κ1) is 13.8. The molecule has 1 unspecified atom stereocenters. The molecule has 0 aromatic carbocycles. The van der Waals surface area contributed by atoms with Gasteiger partial charge in [0, 0.05) is 6.42 Å². The van der Waals surface area contributed by atoms with Crippen LogP contribution in [0.1, 0.15) is 27.2 Å². The maximum absolute atomic E-state index is 13.4. The SMILES string of the molecule is CCOP(=O)(OCC)C(F)C(=O)CC. The Morgan fingerprint density at radius 1 is 1.29 bits per heavy atom. The molecule has 0 saturated heterocycles. The van der Waals surface area contributed by atoms with Crippen LogP contribution >= 0.6 is 7.60 Å². The monoisotopic (exact) mass is 226 g/mol. The van der Waals surface area contributed by atoms with Crippen LogP contribution in [-0.2, 0) is 18.4 Å². The molecule has 6 heteroatoms. The number of ketones is 1. The van der Waals surface area contributed by atoms with E-state index in [4.69, 9.17) is 9.05 Å². The van der Waals surface area contributed by atoms with E-state index in [1.54, 1.807) is 13.8 Å². The third-order valence-electron chi connectivity index (χ3n) is 1.51. The molecule has 14 heavy (non-hydrogen) atoms. The molecule has 0 rings (SSSR count). The Balaban J connectivity index is 4.63. The van der Waals surface area contributed by atoms with Crippen LogP contribution in [0.15, 0.2) is 0 Å². The summed E-state index contributed by atoms with van der Waals surface area (Å²) < 4.78 is 34.4. The van der Waals surface area contributed by atoms with E-state index in [0.29, 0.717) is 0 Å². The van der Waals surface area contributed by atoms with Crippen molar-refractivity contribution in [3.8, 4) is 0 Å². The molecule has 0 aromatic heterocycles. The van der Waals surface area contributed by atoms with Gasteiger partial charge in [0.2, 0.25) is 0 Å². The summed E-state index contributed by atoms with van der Waals surface area (Å²) in [4.78, 5) is 11.0. The van der Waals surface area contributed by atoms with Crippen molar-refractivity contribution in [1.82, 2.24) is 0 Å². The number of halogens is 1. The van der Waals surface area contributed by atoms with Crippen molar-refractivity contribution >= 4 is 13.4 Å². The molecule has 0 aromatic rings. The fourth-order valence-corrected chi connectivity index (χ4v) is 2.46. The van der Waals surface area contributed by atoms with Gasteiger partial charge >= 0.3 is 7.60 Å². The van der Waals surface area contributed by atoms with Crippen LogP contribution in [0.2, 0.25) is 0 Å². The molecule has 0 aliphatic heterocycles. The largest absolute Gasteiger partial charge is 0.372 e. The van der Waals surface area contributed by atoms with Crippen molar-refractivity contribution in [2.75, 3.05) is 13.2 Å². The lowest BCUT2D eigenvalue weighted by Gasteiger charge is -2.19. The molecular formula is C8H16FO4P. The highest BCUT2D eigenvalue weighted by molar-refractivity contribution is 7.55. The summed E-state index contributed by atoms with van der Waals surface area (Å²) in [6.45, 7) is 4.73. The van der Waals surface area contributed by atoms with Crippen molar-refractivity contribution in [1.29, 1.82) is 0 Å². The predicted molar refractivity (Wildman–Crippen MR) is 51.1 cm³/mol. The topological polar surface area (TPSA) is 52.6 Å². The van der Waals surface area contributed by atoms with Crippen LogP contribution < -0.4 is 0 Å². The van der Waals surface area contributed by atoms with Crippen LogP contribution in [0.5, 0.6) is 0 Å². The van der Waals surface area contributed by atoms with E-state index in [0.717, 1.165) is 0 Å². The van der Waals surface area contributed by atoms with E-state index >= 15 is 0 Å². The normalized spacial score (nSPS) is 14.0. The number of Topliss-reactive ketones (excluding diaryl/α,β-unsaturated/α-hetero) is 1. The lowest BCUT2D eigenvalue weighted by Crippen LogP contribution is -2.18. The molecule has 0 amide bonds. The Labute approximate surface area is 83.3 Å². The minimum atomic E-state index is -3.90. The Kier molecular flexibility index (Phi) is 6.16. The lowest BCUT2D eigenvalue weighted by molar-refractivity contribution is -0.121. The number of alkyl halides is 1. The number of hydrogen-bond acceptors (Lipinski definition) is 4. The number of hydrogen-bond donors (Lipinski definition) is 0. The van der Waals surface area contributed by atoms with Gasteiger partial charge in [-0.2, -0.15) is 0 Å². The van der Waals surface area contributed by atoms with Crippen LogP contribution in [0.25, 0.3) is 0 Å². The fraction of sp³-hybridized carbons (Fsp3) is 0.875. The van der Waals surface area contributed by atoms with Gasteiger partial charge < -0.3 is 9.05 Å². The molecule has 0 radical (unpaired) electrons. The summed E-state index contributed by atoms with van der Waals surface area (Å²) in [7, 11) is -3.90. The smallest absolute Gasteiger partial charge is 0.307 e. The Bertz CT molecular complexity index is 221. The molecule has 0 saturated carbocycles. The van der Waals surface area contributed by atoms with Crippen molar-refractivity contribution in [2.24, 2.45) is 0 Å². The van der Waals surface area contributed by atoms with Gasteiger partial charge in [0.15, 0.2) is 5.78 Å². The summed E-state index contributed by atoms with van der Waals surface area (Å²) in [6.07, 6.45) is -0.0225. The molecular weight excluding hydrogens is 210 g/mol. The van der Waals surface area contributed by atoms with Crippen LogP contribution in [0.4, 0.5) is 4.39 Å². The molecule has 0 aliphatic carbocycles. The van der Waals surface area contributed by atoms with Crippen molar-refractivity contribution in [3.63, 3.8) is 0 Å². The van der Waals surface area contributed by atoms with Gasteiger partial charge in [-0.1, -0.05) is 6.92 Å². The molecule has 1 atom stereocenters. The third kappa shape index (κ3) is 3.48. The van der Waals surface area contributed by atoms with E-state index in [1.807, 2.05) is 0 Å². The van der Waals surface area contributed by atoms with Crippen LogP contribution in [0, 0.1) is 0 Å². The van der Waals surface area contributed by atoms with Gasteiger partial charge in [-0.3, -0.25) is 9.36 Å². The zero-order chi connectivity index (χ0) is 11.2. The summed E-state index contributed by atoms with van der Waals surface area (Å²) in [6, 6.07) is 0. The van der Waals surface area contributed by atoms with E-state index in [1.165, 1.54) is 6.92 Å². The Morgan fingerprint density at radius 3 is 2.00 bits per heavy atom. The van der Waals surface area contributed by atoms with Crippen LogP contribution in [-0.4, -0.2) is 24.9 Å². The van der Waals surface area contributed by atoms with Gasteiger partial charge in [-0.05, 0) is 13.8 Å². The second-order valence-electron chi connectivity index (χ2n) is 2.53. The maximum atomic E-state index is 13.4. The molecule has 0 spiro atoms. The van der Waals surface area contributed by atoms with Gasteiger partial charge in [0.1, 0.15) is 0 Å². The predicted octanol–water partition coefficient (Wildman–Crippen LogP) is 2.53. The molecule has 0 heterocycles. The first-order valence-electron chi connectivity index (χ1n) is 4.57. The van der Waals surface area contributed by atoms with E-state index in [9.17, 15) is 13.8 Å². The molecule has 0 N–H and O–H groups in total. The first-order chi connectivity index (χ1) is 6.51. The minimum absolute atomic E-state index is 0.0225. The summed E-state index contributed by atoms with van der Waals surface area (Å²) >= 11 is 0. The average Bonchev–Trinajstić information content (AvgIpc) is 2.16. The minimum Gasteiger partial charge on any atom is -0.307 e. The fourth-order valence-electron chi connectivity index (χ4n) is 0.873. The second kappa shape index (κ2) is 6.27. The van der Waals surface area contributed by atoms with Gasteiger partial charge in [-0.15, -0.1) is 0 Å². The van der Waals surface area contributed by atoms with Crippen molar-refractivity contribution in [3.05, 3.63) is 0 Å². The third-order valence-corrected chi connectivity index (χ3v) is 3.59. The van der Waals surface area contributed by atoms with E-state index in [2.05, 4.69) is 0 Å². The standard InChI is InChI=1S/C8H16FO4P/c1-4-7(10)8(9)14(11,12-5-2)13-6-3/h8H,4-6H2,1-3H3. The average molecular weight is 226 g/mol. The maximum Gasteiger partial charge on any atom is 0.372 e. The first-order valence-corrected chi connectivity index (χ1v) is 6.18. The quantitative estimate of drug-likeness (QED) is 0.626. The Hall–Kier alpha value is -0.250. The molecule has 0 fully saturated rings. The molecule has 0 aliphatic rings. The van der Waals surface area contributed by atoms with Gasteiger partial charge in [-0.25, -0.2) is 4.39 Å². The second-order valence-corrected chi connectivity index (χ2v) is 4.58. The lowest BCUT2D eigenvalue weighted by atomic mass is 10.3. The number of carbonyl (C=O) groups is 1. The zero-order valence-corrected chi connectivity index (χ0v) is 9.55. The summed E-state index contributed by atoms with van der Waals surface area (Å²) in [5, 5.41) is 0. The summed E-state index contributed by atoms with van der Waals surface area (Å²) in [5.41, 5.74) is 0. The number of carbonyl (C=O) groups excluding carboxylic acids is 1. The molecule has 84 valence electrons. The van der Waals surface area contributed by atoms with Gasteiger partial charge in [0.05, 0.1) is 13.2 Å². The molecule has 4 nitrogen and oxygen atoms in total. The van der Waals surface area contributed by atoms with Crippen molar-refractivity contribution < 1.29 is 22.8 Å². The Morgan fingerprint density at radius 2 is 1.71 bits per heavy atom. The number of rotatable bonds is 7.